The van der Waals surface area contributed by atoms with E-state index in [0.29, 0.717) is 34.1 Å². The topological polar surface area (TPSA) is 72.6 Å². The zero-order valence-corrected chi connectivity index (χ0v) is 16.2. The molecule has 2 aromatic carbocycles. The van der Waals surface area contributed by atoms with Crippen LogP contribution in [0.15, 0.2) is 36.5 Å². The molecule has 27 heavy (non-hydrogen) atoms. The number of aromatic amines is 1. The van der Waals surface area contributed by atoms with Crippen LogP contribution in [0, 0.1) is 0 Å². The van der Waals surface area contributed by atoms with Crippen LogP contribution in [0.25, 0.3) is 10.9 Å². The minimum atomic E-state index is -0.222. The Labute approximate surface area is 158 Å². The summed E-state index contributed by atoms with van der Waals surface area (Å²) in [6.07, 6.45) is 1.67. The molecule has 0 bridgehead atoms. The predicted molar refractivity (Wildman–Crippen MR) is 106 cm³/mol. The first-order valence-corrected chi connectivity index (χ1v) is 8.72. The number of carbonyl (C=O) groups excluding carboxylic acids is 1. The molecule has 142 valence electrons. The monoisotopic (exact) mass is 368 g/mol. The SMILES string of the molecule is COc1cc2[nH]cc(C(=O)Nc3ccccc3C(C)C)c2c(OC)c1OC. The lowest BCUT2D eigenvalue weighted by molar-refractivity contribution is 0.102. The van der Waals surface area contributed by atoms with Crippen molar-refractivity contribution < 1.29 is 19.0 Å². The number of nitrogens with one attached hydrogen (secondary N) is 2. The van der Waals surface area contributed by atoms with E-state index in [1.54, 1.807) is 26.5 Å². The summed E-state index contributed by atoms with van der Waals surface area (Å²) in [5.74, 6) is 1.50. The lowest BCUT2D eigenvalue weighted by atomic mass is 10.0. The van der Waals surface area contributed by atoms with Crippen molar-refractivity contribution >= 4 is 22.5 Å². The highest BCUT2D eigenvalue weighted by Gasteiger charge is 2.23. The van der Waals surface area contributed by atoms with Crippen molar-refractivity contribution in [3.05, 3.63) is 47.7 Å². The molecule has 6 heteroatoms. The van der Waals surface area contributed by atoms with E-state index in [2.05, 4.69) is 24.1 Å². The number of H-pyrrole nitrogens is 1. The lowest BCUT2D eigenvalue weighted by Crippen LogP contribution is -2.13. The van der Waals surface area contributed by atoms with Crippen LogP contribution in [-0.2, 0) is 0 Å². The lowest BCUT2D eigenvalue weighted by Gasteiger charge is -2.15. The zero-order valence-electron chi connectivity index (χ0n) is 16.2. The molecule has 6 nitrogen and oxygen atoms in total. The summed E-state index contributed by atoms with van der Waals surface area (Å²) in [5.41, 5.74) is 3.08. The third-order valence-electron chi connectivity index (χ3n) is 4.55. The number of hydrogen-bond acceptors (Lipinski definition) is 4. The first kappa shape index (κ1) is 18.6. The molecule has 0 spiro atoms. The molecule has 0 saturated carbocycles. The molecule has 0 saturated heterocycles. The number of rotatable bonds is 6. The van der Waals surface area contributed by atoms with Gasteiger partial charge in [0.2, 0.25) is 5.75 Å². The van der Waals surface area contributed by atoms with E-state index in [9.17, 15) is 4.79 Å². The van der Waals surface area contributed by atoms with Crippen molar-refractivity contribution in [1.29, 1.82) is 0 Å². The van der Waals surface area contributed by atoms with Gasteiger partial charge in [0.15, 0.2) is 11.5 Å². The van der Waals surface area contributed by atoms with Crippen LogP contribution in [0.2, 0.25) is 0 Å². The molecule has 0 aliphatic carbocycles. The van der Waals surface area contributed by atoms with E-state index in [1.807, 2.05) is 24.3 Å². The Morgan fingerprint density at radius 1 is 1.04 bits per heavy atom. The maximum atomic E-state index is 13.0. The van der Waals surface area contributed by atoms with Crippen molar-refractivity contribution in [2.75, 3.05) is 26.6 Å². The van der Waals surface area contributed by atoms with Gasteiger partial charge in [0, 0.05) is 18.0 Å². The Morgan fingerprint density at radius 2 is 1.74 bits per heavy atom. The van der Waals surface area contributed by atoms with E-state index in [0.717, 1.165) is 16.8 Å². The summed E-state index contributed by atoms with van der Waals surface area (Å²) in [5, 5.41) is 3.67. The summed E-state index contributed by atoms with van der Waals surface area (Å²) in [6, 6.07) is 9.59. The first-order chi connectivity index (χ1) is 13.0. The van der Waals surface area contributed by atoms with Crippen LogP contribution in [0.1, 0.15) is 35.7 Å². The van der Waals surface area contributed by atoms with Crippen molar-refractivity contribution in [2.45, 2.75) is 19.8 Å². The Balaban J connectivity index is 2.09. The van der Waals surface area contributed by atoms with Gasteiger partial charge in [-0.3, -0.25) is 4.79 Å². The maximum Gasteiger partial charge on any atom is 0.257 e. The summed E-state index contributed by atoms with van der Waals surface area (Å²) in [4.78, 5) is 16.1. The van der Waals surface area contributed by atoms with Crippen molar-refractivity contribution in [1.82, 2.24) is 4.98 Å². The number of hydrogen-bond donors (Lipinski definition) is 2. The number of anilines is 1. The highest BCUT2D eigenvalue weighted by molar-refractivity contribution is 6.15. The number of para-hydroxylation sites is 1. The van der Waals surface area contributed by atoms with Gasteiger partial charge in [-0.1, -0.05) is 32.0 Å². The Bertz CT molecular complexity index is 976. The summed E-state index contributed by atoms with van der Waals surface area (Å²) >= 11 is 0. The highest BCUT2D eigenvalue weighted by Crippen LogP contribution is 2.44. The molecule has 2 N–H and O–H groups in total. The molecule has 1 heterocycles. The minimum Gasteiger partial charge on any atom is -0.493 e. The normalized spacial score (nSPS) is 10.9. The first-order valence-electron chi connectivity index (χ1n) is 8.72. The molecule has 1 aromatic heterocycles. The second kappa shape index (κ2) is 7.61. The van der Waals surface area contributed by atoms with E-state index in [-0.39, 0.29) is 5.91 Å². The second-order valence-electron chi connectivity index (χ2n) is 6.47. The molecular formula is C21H24N2O4. The van der Waals surface area contributed by atoms with Gasteiger partial charge in [-0.2, -0.15) is 0 Å². The van der Waals surface area contributed by atoms with Crippen LogP contribution < -0.4 is 19.5 Å². The van der Waals surface area contributed by atoms with E-state index < -0.39 is 0 Å². The fourth-order valence-electron chi connectivity index (χ4n) is 3.24. The average molecular weight is 368 g/mol. The van der Waals surface area contributed by atoms with Gasteiger partial charge in [0.25, 0.3) is 5.91 Å². The number of fused-ring (bicyclic) bond motifs is 1. The molecule has 0 unspecified atom stereocenters. The van der Waals surface area contributed by atoms with Crippen molar-refractivity contribution in [3.63, 3.8) is 0 Å². The van der Waals surface area contributed by atoms with Gasteiger partial charge in [-0.05, 0) is 17.5 Å². The van der Waals surface area contributed by atoms with Gasteiger partial charge in [-0.25, -0.2) is 0 Å². The maximum absolute atomic E-state index is 13.0. The molecular weight excluding hydrogens is 344 g/mol. The van der Waals surface area contributed by atoms with Gasteiger partial charge in [0.05, 0.1) is 37.8 Å². The molecule has 0 atom stereocenters. The molecule has 0 fully saturated rings. The van der Waals surface area contributed by atoms with Gasteiger partial charge in [-0.15, -0.1) is 0 Å². The van der Waals surface area contributed by atoms with Gasteiger partial charge in [0.1, 0.15) is 0 Å². The van der Waals surface area contributed by atoms with Crippen LogP contribution >= 0.6 is 0 Å². The summed E-state index contributed by atoms with van der Waals surface area (Å²) in [7, 11) is 4.64. The quantitative estimate of drug-likeness (QED) is 0.668. The summed E-state index contributed by atoms with van der Waals surface area (Å²) in [6.45, 7) is 4.19. The van der Waals surface area contributed by atoms with Crippen LogP contribution in [0.3, 0.4) is 0 Å². The van der Waals surface area contributed by atoms with Crippen LogP contribution in [0.4, 0.5) is 5.69 Å². The van der Waals surface area contributed by atoms with Gasteiger partial charge < -0.3 is 24.5 Å². The largest absolute Gasteiger partial charge is 0.493 e. The number of aromatic nitrogens is 1. The highest BCUT2D eigenvalue weighted by atomic mass is 16.5. The number of benzene rings is 2. The second-order valence-corrected chi connectivity index (χ2v) is 6.47. The molecule has 0 radical (unpaired) electrons. The predicted octanol–water partition coefficient (Wildman–Crippen LogP) is 4.57. The Hall–Kier alpha value is -3.15. The van der Waals surface area contributed by atoms with Gasteiger partial charge >= 0.3 is 0 Å². The third-order valence-corrected chi connectivity index (χ3v) is 4.55. The smallest absolute Gasteiger partial charge is 0.257 e. The summed E-state index contributed by atoms with van der Waals surface area (Å²) < 4.78 is 16.4. The molecule has 1 amide bonds. The Morgan fingerprint density at radius 3 is 2.37 bits per heavy atom. The molecule has 0 aliphatic heterocycles. The Kier molecular flexibility index (Phi) is 5.26. The molecule has 3 aromatic rings. The van der Waals surface area contributed by atoms with E-state index in [4.69, 9.17) is 14.2 Å². The van der Waals surface area contributed by atoms with Crippen molar-refractivity contribution in [2.24, 2.45) is 0 Å². The average Bonchev–Trinajstić information content (AvgIpc) is 3.10. The molecule has 0 aliphatic rings. The fourth-order valence-corrected chi connectivity index (χ4v) is 3.24. The zero-order chi connectivity index (χ0) is 19.6. The minimum absolute atomic E-state index is 0.222. The van der Waals surface area contributed by atoms with Crippen LogP contribution in [-0.4, -0.2) is 32.2 Å². The standard InChI is InChI=1S/C21H24N2O4/c1-12(2)13-8-6-7-9-15(13)23-21(24)14-11-22-16-10-17(25-3)19(26-4)20(27-5)18(14)16/h6-12,22H,1-5H3,(H,23,24). The fraction of sp³-hybridized carbons (Fsp3) is 0.286. The third kappa shape index (κ3) is 3.30. The van der Waals surface area contributed by atoms with E-state index in [1.165, 1.54) is 7.11 Å². The number of carbonyl (C=O) groups is 1. The van der Waals surface area contributed by atoms with Crippen molar-refractivity contribution in [3.8, 4) is 17.2 Å². The number of ether oxygens (including phenoxy) is 3. The van der Waals surface area contributed by atoms with E-state index >= 15 is 0 Å². The number of methoxy groups -OCH3 is 3. The van der Waals surface area contributed by atoms with Crippen LogP contribution in [0.5, 0.6) is 17.2 Å². The number of amides is 1. The molecule has 3 rings (SSSR count).